The number of nitrogens with zero attached hydrogens (tertiary/aromatic N) is 1. The van der Waals surface area contributed by atoms with Crippen LogP contribution in [0.1, 0.15) is 21.5 Å². The number of allylic oxidation sites excluding steroid dienone is 1. The molecule has 0 radical (unpaired) electrons. The van der Waals surface area contributed by atoms with Crippen LogP contribution in [0.2, 0.25) is 5.02 Å². The van der Waals surface area contributed by atoms with Crippen LogP contribution in [0.15, 0.2) is 72.0 Å². The Balaban J connectivity index is 1.72. The molecule has 11 heteroatoms. The summed E-state index contributed by atoms with van der Waals surface area (Å²) >= 11 is 5.89. The van der Waals surface area contributed by atoms with Crippen molar-refractivity contribution in [1.82, 2.24) is 15.3 Å². The van der Waals surface area contributed by atoms with Gasteiger partial charge in [-0.2, -0.15) is 0 Å². The molecule has 178 valence electrons. The molecule has 2 aromatic carbocycles. The predicted octanol–water partition coefficient (Wildman–Crippen LogP) is 4.60. The van der Waals surface area contributed by atoms with Gasteiger partial charge in [-0.25, -0.2) is 17.8 Å². The molecule has 4 N–H and O–H groups in total. The smallest absolute Gasteiger partial charge is 0.261 e. The highest BCUT2D eigenvalue weighted by atomic mass is 35.5. The summed E-state index contributed by atoms with van der Waals surface area (Å²) in [7, 11) is -2.33. The predicted molar refractivity (Wildman–Crippen MR) is 134 cm³/mol. The summed E-state index contributed by atoms with van der Waals surface area (Å²) in [5, 5.41) is 11.1. The third kappa shape index (κ3) is 4.93. The van der Waals surface area contributed by atoms with Crippen molar-refractivity contribution in [1.29, 1.82) is 5.41 Å². The molecule has 2 heterocycles. The van der Waals surface area contributed by atoms with Gasteiger partial charge in [0.2, 0.25) is 0 Å². The highest BCUT2D eigenvalue weighted by molar-refractivity contribution is 7.92. The van der Waals surface area contributed by atoms with E-state index in [1.165, 1.54) is 36.5 Å². The summed E-state index contributed by atoms with van der Waals surface area (Å²) in [5.74, 6) is -1.47. The van der Waals surface area contributed by atoms with E-state index in [9.17, 15) is 17.6 Å². The second kappa shape index (κ2) is 9.69. The van der Waals surface area contributed by atoms with Crippen molar-refractivity contribution < 1.29 is 17.6 Å². The molecule has 4 rings (SSSR count). The lowest BCUT2D eigenvalue weighted by atomic mass is 10.0. The zero-order chi connectivity index (χ0) is 25.2. The number of hydrogen-bond acceptors (Lipinski definition) is 6. The van der Waals surface area contributed by atoms with Crippen LogP contribution in [0.25, 0.3) is 16.6 Å². The van der Waals surface area contributed by atoms with Gasteiger partial charge in [-0.1, -0.05) is 17.7 Å². The SMILES string of the molecule is CN/C=C(\C=N)c1cnc2[nH]cc(C(=O)c3cc(NS(=O)(=O)c4cccc(Cl)c4)ccc3F)c2c1. The largest absolute Gasteiger partial charge is 0.393 e. The topological polar surface area (TPSA) is 128 Å². The van der Waals surface area contributed by atoms with Gasteiger partial charge in [0.1, 0.15) is 11.5 Å². The number of benzene rings is 2. The van der Waals surface area contributed by atoms with Gasteiger partial charge in [0.15, 0.2) is 5.78 Å². The Morgan fingerprint density at radius 2 is 1.97 bits per heavy atom. The van der Waals surface area contributed by atoms with E-state index in [1.807, 2.05) is 0 Å². The fraction of sp³-hybridized carbons (Fsp3) is 0.0417. The summed E-state index contributed by atoms with van der Waals surface area (Å²) in [6, 6.07) is 10.7. The summed E-state index contributed by atoms with van der Waals surface area (Å²) in [6.45, 7) is 0. The van der Waals surface area contributed by atoms with Crippen molar-refractivity contribution in [2.45, 2.75) is 4.90 Å². The van der Waals surface area contributed by atoms with Gasteiger partial charge in [-0.15, -0.1) is 0 Å². The molecule has 0 fully saturated rings. The normalized spacial score (nSPS) is 11.9. The Hall–Kier alpha value is -4.02. The van der Waals surface area contributed by atoms with Crippen LogP contribution in [-0.2, 0) is 10.0 Å². The molecule has 0 saturated heterocycles. The Morgan fingerprint density at radius 3 is 2.69 bits per heavy atom. The summed E-state index contributed by atoms with van der Waals surface area (Å²) in [6.07, 6.45) is 5.72. The van der Waals surface area contributed by atoms with Crippen molar-refractivity contribution in [2.24, 2.45) is 0 Å². The van der Waals surface area contributed by atoms with Crippen molar-refractivity contribution in [3.63, 3.8) is 0 Å². The van der Waals surface area contributed by atoms with Crippen molar-refractivity contribution in [2.75, 3.05) is 11.8 Å². The van der Waals surface area contributed by atoms with Crippen LogP contribution in [0.3, 0.4) is 0 Å². The van der Waals surface area contributed by atoms with E-state index < -0.39 is 21.6 Å². The lowest BCUT2D eigenvalue weighted by Gasteiger charge is -2.10. The number of rotatable bonds is 8. The highest BCUT2D eigenvalue weighted by Gasteiger charge is 2.21. The Labute approximate surface area is 205 Å². The second-order valence-corrected chi connectivity index (χ2v) is 9.56. The molecule has 0 unspecified atom stereocenters. The quantitative estimate of drug-likeness (QED) is 0.203. The molecular weight excluding hydrogens is 493 g/mol. The van der Waals surface area contributed by atoms with Crippen LogP contribution in [-0.4, -0.2) is 37.4 Å². The fourth-order valence-electron chi connectivity index (χ4n) is 3.47. The number of anilines is 1. The number of ketones is 1. The summed E-state index contributed by atoms with van der Waals surface area (Å²) < 4.78 is 42.5. The molecule has 8 nitrogen and oxygen atoms in total. The number of aromatic amines is 1. The maximum Gasteiger partial charge on any atom is 0.261 e. The van der Waals surface area contributed by atoms with Crippen molar-refractivity contribution in [3.8, 4) is 0 Å². The second-order valence-electron chi connectivity index (χ2n) is 7.44. The number of pyridine rings is 1. The average Bonchev–Trinajstić information content (AvgIpc) is 3.26. The highest BCUT2D eigenvalue weighted by Crippen LogP contribution is 2.26. The van der Waals surface area contributed by atoms with E-state index in [1.54, 1.807) is 25.5 Å². The number of nitrogens with one attached hydrogen (secondary N) is 4. The van der Waals surface area contributed by atoms with Crippen molar-refractivity contribution in [3.05, 3.63) is 94.7 Å². The molecule has 0 bridgehead atoms. The first-order valence-corrected chi connectivity index (χ1v) is 12.1. The van der Waals surface area contributed by atoms with E-state index in [-0.39, 0.29) is 26.7 Å². The first-order valence-electron chi connectivity index (χ1n) is 10.2. The molecule has 0 spiro atoms. The van der Waals surface area contributed by atoms with Gasteiger partial charge in [0.25, 0.3) is 10.0 Å². The Morgan fingerprint density at radius 1 is 1.17 bits per heavy atom. The molecule has 0 aliphatic carbocycles. The third-order valence-corrected chi connectivity index (χ3v) is 6.75. The summed E-state index contributed by atoms with van der Waals surface area (Å²) in [4.78, 5) is 20.4. The third-order valence-electron chi connectivity index (χ3n) is 5.13. The maximum absolute atomic E-state index is 14.7. The van der Waals surface area contributed by atoms with Gasteiger partial charge >= 0.3 is 0 Å². The fourth-order valence-corrected chi connectivity index (χ4v) is 4.82. The number of hydrogen-bond donors (Lipinski definition) is 4. The number of carbonyl (C=O) groups is 1. The van der Waals surface area contributed by atoms with Crippen LogP contribution < -0.4 is 10.0 Å². The number of halogens is 2. The minimum absolute atomic E-state index is 0.0106. The first kappa shape index (κ1) is 24.1. The first-order chi connectivity index (χ1) is 16.7. The number of aromatic nitrogens is 2. The molecule has 0 aliphatic heterocycles. The van der Waals surface area contributed by atoms with Gasteiger partial charge in [-0.05, 0) is 42.5 Å². The molecule has 4 aromatic rings. The summed E-state index contributed by atoms with van der Waals surface area (Å²) in [5.41, 5.74) is 1.36. The Kier molecular flexibility index (Phi) is 6.68. The lowest BCUT2D eigenvalue weighted by Crippen LogP contribution is -2.14. The number of sulfonamides is 1. The van der Waals surface area contributed by atoms with E-state index in [0.717, 1.165) is 18.3 Å². The van der Waals surface area contributed by atoms with E-state index in [0.29, 0.717) is 22.2 Å². The molecule has 0 atom stereocenters. The minimum atomic E-state index is -4.02. The van der Waals surface area contributed by atoms with E-state index in [2.05, 4.69) is 20.0 Å². The number of H-pyrrole nitrogens is 1. The number of fused-ring (bicyclic) bond motifs is 1. The zero-order valence-electron chi connectivity index (χ0n) is 18.3. The van der Waals surface area contributed by atoms with Crippen LogP contribution >= 0.6 is 11.6 Å². The van der Waals surface area contributed by atoms with E-state index in [4.69, 9.17) is 17.0 Å². The van der Waals surface area contributed by atoms with Gasteiger partial charge in [-0.3, -0.25) is 9.52 Å². The Bertz CT molecular complexity index is 1600. The van der Waals surface area contributed by atoms with E-state index >= 15 is 0 Å². The molecule has 0 aliphatic rings. The number of carbonyl (C=O) groups excluding carboxylic acids is 1. The van der Waals surface area contributed by atoms with Crippen LogP contribution in [0, 0.1) is 11.2 Å². The molecule has 35 heavy (non-hydrogen) atoms. The van der Waals surface area contributed by atoms with Gasteiger partial charge in [0.05, 0.1) is 10.5 Å². The molecular formula is C24H19ClFN5O3S. The van der Waals surface area contributed by atoms with Crippen molar-refractivity contribution >= 4 is 55.9 Å². The lowest BCUT2D eigenvalue weighted by molar-refractivity contribution is 0.103. The minimum Gasteiger partial charge on any atom is -0.393 e. The monoisotopic (exact) mass is 511 g/mol. The van der Waals surface area contributed by atoms with Gasteiger partial charge < -0.3 is 15.7 Å². The standard InChI is InChI=1S/C24H19ClFN5O3S/c1-28-11-15(10-27)14-7-19-21(13-30-24(19)29-12-14)23(32)20-9-17(5-6-22(20)26)31-35(33,34)18-4-2-3-16(25)8-18/h2-13,27-28,31H,1H3,(H,29,30)/b15-11+,27-10?. The molecule has 2 aromatic heterocycles. The maximum atomic E-state index is 14.7. The van der Waals surface area contributed by atoms with Crippen LogP contribution in [0.4, 0.5) is 10.1 Å². The molecule has 0 saturated carbocycles. The molecule has 0 amide bonds. The van der Waals surface area contributed by atoms with Crippen LogP contribution in [0.5, 0.6) is 0 Å². The van der Waals surface area contributed by atoms with Gasteiger partial charge in [0, 0.05) is 64.7 Å². The average molecular weight is 512 g/mol. The zero-order valence-corrected chi connectivity index (χ0v) is 19.8.